The highest BCUT2D eigenvalue weighted by Gasteiger charge is 2.32. The minimum absolute atomic E-state index is 0.466. The highest BCUT2D eigenvalue weighted by molar-refractivity contribution is 7.86. The molecule has 0 N–H and O–H groups in total. The second-order valence-corrected chi connectivity index (χ2v) is 8.91. The van der Waals surface area contributed by atoms with Crippen molar-refractivity contribution in [3.8, 4) is 0 Å². The van der Waals surface area contributed by atoms with Crippen molar-refractivity contribution < 1.29 is 8.42 Å². The summed E-state index contributed by atoms with van der Waals surface area (Å²) >= 11 is 0. The first kappa shape index (κ1) is 17.9. The smallest absolute Gasteiger partial charge is 0.282 e. The van der Waals surface area contributed by atoms with E-state index in [-0.39, 0.29) is 0 Å². The monoisotopic (exact) mass is 351 g/mol. The Morgan fingerprint density at radius 2 is 1.50 bits per heavy atom. The lowest BCUT2D eigenvalue weighted by Crippen LogP contribution is -2.44. The van der Waals surface area contributed by atoms with Crippen molar-refractivity contribution in [2.75, 3.05) is 45.8 Å². The van der Waals surface area contributed by atoms with Crippen LogP contribution in [0.2, 0.25) is 0 Å². The zero-order chi connectivity index (χ0) is 17.0. The van der Waals surface area contributed by atoms with Crippen molar-refractivity contribution in [3.05, 3.63) is 35.9 Å². The van der Waals surface area contributed by atoms with Crippen LogP contribution in [0.5, 0.6) is 0 Å². The van der Waals surface area contributed by atoms with Crippen LogP contribution < -0.4 is 0 Å². The van der Waals surface area contributed by atoms with E-state index in [9.17, 15) is 8.42 Å². The van der Waals surface area contributed by atoms with Gasteiger partial charge in [0.1, 0.15) is 0 Å². The minimum atomic E-state index is -3.25. The zero-order valence-electron chi connectivity index (χ0n) is 14.6. The second-order valence-electron chi connectivity index (χ2n) is 6.98. The molecule has 0 bridgehead atoms. The van der Waals surface area contributed by atoms with Crippen LogP contribution in [-0.4, -0.2) is 67.7 Å². The van der Waals surface area contributed by atoms with Crippen LogP contribution in [0.3, 0.4) is 0 Å². The maximum Gasteiger partial charge on any atom is 0.282 e. The summed E-state index contributed by atoms with van der Waals surface area (Å²) in [5.41, 5.74) is 1.35. The van der Waals surface area contributed by atoms with Gasteiger partial charge < -0.3 is 4.90 Å². The third-order valence-corrected chi connectivity index (χ3v) is 7.20. The molecule has 1 aromatic carbocycles. The van der Waals surface area contributed by atoms with E-state index in [2.05, 4.69) is 36.1 Å². The lowest BCUT2D eigenvalue weighted by molar-refractivity contribution is 0.271. The van der Waals surface area contributed by atoms with Crippen LogP contribution in [0, 0.1) is 0 Å². The molecular formula is C18H29N3O2S. The van der Waals surface area contributed by atoms with E-state index in [0.717, 1.165) is 38.9 Å². The standard InChI is InChI=1S/C18H29N3O2S/c1-17(18-8-3-2-4-9-18)16-19-10-7-13-21(15-14-19)24(22,23)20-11-5-6-12-20/h2-4,8-9,17H,5-7,10-16H2,1H3. The average Bonchev–Trinajstić information content (AvgIpc) is 3.04. The van der Waals surface area contributed by atoms with E-state index in [1.807, 2.05) is 6.07 Å². The lowest BCUT2D eigenvalue weighted by Gasteiger charge is -2.27. The molecule has 134 valence electrons. The van der Waals surface area contributed by atoms with Crippen LogP contribution in [-0.2, 0) is 10.2 Å². The summed E-state index contributed by atoms with van der Waals surface area (Å²) in [6.07, 6.45) is 2.90. The molecule has 0 spiro atoms. The number of rotatable bonds is 5. The Labute approximate surface area is 146 Å². The van der Waals surface area contributed by atoms with Crippen LogP contribution in [0.1, 0.15) is 37.7 Å². The van der Waals surface area contributed by atoms with Crippen molar-refractivity contribution >= 4 is 10.2 Å². The molecule has 2 saturated heterocycles. The molecule has 1 unspecified atom stereocenters. The Balaban J connectivity index is 1.57. The molecule has 1 aromatic rings. The Bertz CT molecular complexity index is 614. The SMILES string of the molecule is CC(CN1CCCN(S(=O)(=O)N2CCCC2)CC1)c1ccccc1. The van der Waals surface area contributed by atoms with Crippen LogP contribution >= 0.6 is 0 Å². The molecule has 3 rings (SSSR count). The molecule has 1 atom stereocenters. The van der Waals surface area contributed by atoms with Crippen molar-refractivity contribution in [2.24, 2.45) is 0 Å². The van der Waals surface area contributed by atoms with Crippen LogP contribution in [0.15, 0.2) is 30.3 Å². The zero-order valence-corrected chi connectivity index (χ0v) is 15.4. The Hall–Kier alpha value is -0.950. The van der Waals surface area contributed by atoms with Gasteiger partial charge in [-0.3, -0.25) is 0 Å². The van der Waals surface area contributed by atoms with Crippen molar-refractivity contribution in [1.29, 1.82) is 0 Å². The molecule has 2 aliphatic rings. The molecule has 0 radical (unpaired) electrons. The predicted molar refractivity (Wildman–Crippen MR) is 97.2 cm³/mol. The Morgan fingerprint density at radius 1 is 0.875 bits per heavy atom. The maximum absolute atomic E-state index is 12.7. The van der Waals surface area contributed by atoms with Gasteiger partial charge in [-0.15, -0.1) is 0 Å². The molecule has 2 aliphatic heterocycles. The molecule has 2 heterocycles. The molecule has 0 saturated carbocycles. The van der Waals surface area contributed by atoms with E-state index >= 15 is 0 Å². The normalized spacial score (nSPS) is 23.2. The fourth-order valence-electron chi connectivity index (χ4n) is 3.72. The number of hydrogen-bond donors (Lipinski definition) is 0. The van der Waals surface area contributed by atoms with Gasteiger partial charge in [0, 0.05) is 39.3 Å². The first-order chi connectivity index (χ1) is 11.6. The van der Waals surface area contributed by atoms with Crippen molar-refractivity contribution in [3.63, 3.8) is 0 Å². The van der Waals surface area contributed by atoms with E-state index in [1.165, 1.54) is 5.56 Å². The molecule has 0 aromatic heterocycles. The summed E-state index contributed by atoms with van der Waals surface area (Å²) in [4.78, 5) is 2.41. The third-order valence-electron chi connectivity index (χ3n) is 5.17. The van der Waals surface area contributed by atoms with Gasteiger partial charge in [0.15, 0.2) is 0 Å². The Kier molecular flexibility index (Phi) is 5.92. The first-order valence-corrected chi connectivity index (χ1v) is 10.5. The molecule has 2 fully saturated rings. The number of nitrogens with zero attached hydrogens (tertiary/aromatic N) is 3. The largest absolute Gasteiger partial charge is 0.301 e. The molecular weight excluding hydrogens is 322 g/mol. The molecule has 0 aliphatic carbocycles. The van der Waals surface area contributed by atoms with Gasteiger partial charge in [-0.2, -0.15) is 17.0 Å². The minimum Gasteiger partial charge on any atom is -0.301 e. The van der Waals surface area contributed by atoms with Crippen molar-refractivity contribution in [1.82, 2.24) is 13.5 Å². The quantitative estimate of drug-likeness (QED) is 0.816. The highest BCUT2D eigenvalue weighted by Crippen LogP contribution is 2.20. The van der Waals surface area contributed by atoms with Gasteiger partial charge in [-0.25, -0.2) is 0 Å². The molecule has 24 heavy (non-hydrogen) atoms. The first-order valence-electron chi connectivity index (χ1n) is 9.10. The summed E-state index contributed by atoms with van der Waals surface area (Å²) in [6.45, 7) is 7.67. The van der Waals surface area contributed by atoms with E-state index in [1.54, 1.807) is 8.61 Å². The number of benzene rings is 1. The maximum atomic E-state index is 12.7. The lowest BCUT2D eigenvalue weighted by atomic mass is 10.0. The van der Waals surface area contributed by atoms with Crippen LogP contribution in [0.25, 0.3) is 0 Å². The van der Waals surface area contributed by atoms with Crippen molar-refractivity contribution in [2.45, 2.75) is 32.1 Å². The number of hydrogen-bond acceptors (Lipinski definition) is 3. The molecule has 6 heteroatoms. The summed E-state index contributed by atoms with van der Waals surface area (Å²) < 4.78 is 28.8. The Morgan fingerprint density at radius 3 is 2.21 bits per heavy atom. The van der Waals surface area contributed by atoms with Gasteiger partial charge in [-0.1, -0.05) is 37.3 Å². The molecule has 5 nitrogen and oxygen atoms in total. The topological polar surface area (TPSA) is 43.9 Å². The van der Waals surface area contributed by atoms with Gasteiger partial charge in [0.25, 0.3) is 10.2 Å². The second kappa shape index (κ2) is 7.95. The fourth-order valence-corrected chi connectivity index (χ4v) is 5.44. The summed E-state index contributed by atoms with van der Waals surface area (Å²) in [5, 5.41) is 0. The average molecular weight is 352 g/mol. The molecule has 0 amide bonds. The fraction of sp³-hybridized carbons (Fsp3) is 0.667. The van der Waals surface area contributed by atoms with Gasteiger partial charge in [0.05, 0.1) is 0 Å². The van der Waals surface area contributed by atoms with Gasteiger partial charge >= 0.3 is 0 Å². The van der Waals surface area contributed by atoms with Gasteiger partial charge in [-0.05, 0) is 37.3 Å². The van der Waals surface area contributed by atoms with Gasteiger partial charge in [0.2, 0.25) is 0 Å². The third kappa shape index (κ3) is 4.17. The predicted octanol–water partition coefficient (Wildman–Crippen LogP) is 2.14. The van der Waals surface area contributed by atoms with Crippen LogP contribution in [0.4, 0.5) is 0 Å². The van der Waals surface area contributed by atoms with E-state index in [0.29, 0.717) is 32.1 Å². The van der Waals surface area contributed by atoms with E-state index in [4.69, 9.17) is 0 Å². The summed E-state index contributed by atoms with van der Waals surface area (Å²) in [6, 6.07) is 10.6. The summed E-state index contributed by atoms with van der Waals surface area (Å²) in [7, 11) is -3.25. The highest BCUT2D eigenvalue weighted by atomic mass is 32.2. The van der Waals surface area contributed by atoms with E-state index < -0.39 is 10.2 Å². The summed E-state index contributed by atoms with van der Waals surface area (Å²) in [5.74, 6) is 0.466.